The maximum Gasteiger partial charge on any atom is 0.0509 e. The summed E-state index contributed by atoms with van der Waals surface area (Å²) in [5, 5.41) is 0. The molecular weight excluding hydrogens is 269 g/mol. The van der Waals surface area contributed by atoms with Crippen molar-refractivity contribution in [1.82, 2.24) is 0 Å². The van der Waals surface area contributed by atoms with E-state index in [9.17, 15) is 0 Å². The Labute approximate surface area is 127 Å². The zero-order chi connectivity index (χ0) is 15.4. The fourth-order valence-electron chi connectivity index (χ4n) is 2.61. The van der Waals surface area contributed by atoms with Gasteiger partial charge in [-0.15, -0.1) is 0 Å². The van der Waals surface area contributed by atoms with Crippen LogP contribution in [0.15, 0.2) is 4.99 Å². The summed E-state index contributed by atoms with van der Waals surface area (Å²) in [6.07, 6.45) is 4.50. The molecule has 0 aliphatic rings. The van der Waals surface area contributed by atoms with Gasteiger partial charge in [-0.05, 0) is 37.8 Å². The van der Waals surface area contributed by atoms with E-state index in [0.29, 0.717) is 17.5 Å². The van der Waals surface area contributed by atoms with E-state index in [2.05, 4.69) is 39.4 Å². The van der Waals surface area contributed by atoms with Crippen LogP contribution in [0.3, 0.4) is 0 Å². The molecule has 1 unspecified atom stereocenters. The van der Waals surface area contributed by atoms with Crippen LogP contribution < -0.4 is 0 Å². The largest absolute Gasteiger partial charge is 0.385 e. The molecule has 1 atom stereocenters. The summed E-state index contributed by atoms with van der Waals surface area (Å²) in [5.41, 5.74) is 0.658. The van der Waals surface area contributed by atoms with E-state index in [-0.39, 0.29) is 0 Å². The second kappa shape index (κ2) is 12.7. The molecule has 0 rings (SSSR count). The smallest absolute Gasteiger partial charge is 0.0509 e. The van der Waals surface area contributed by atoms with Crippen molar-refractivity contribution in [3.8, 4) is 0 Å². The average Bonchev–Trinajstić information content (AvgIpc) is 2.38. The Morgan fingerprint density at radius 3 is 2.10 bits per heavy atom. The van der Waals surface area contributed by atoms with Crippen LogP contribution in [0.1, 0.15) is 47.0 Å². The first kappa shape index (κ1) is 20.0. The van der Waals surface area contributed by atoms with Gasteiger partial charge in [0.1, 0.15) is 0 Å². The van der Waals surface area contributed by atoms with E-state index in [1.807, 2.05) is 0 Å². The Morgan fingerprint density at radius 2 is 1.60 bits per heavy atom. The lowest BCUT2D eigenvalue weighted by Crippen LogP contribution is -2.23. The molecule has 120 valence electrons. The fraction of sp³-hybridized carbons (Fsp3) is 0.938. The minimum atomic E-state index is -0.398. The first-order valence-electron chi connectivity index (χ1n) is 7.85. The molecule has 0 aliphatic carbocycles. The summed E-state index contributed by atoms with van der Waals surface area (Å²) in [7, 11) is 1.36. The molecule has 0 aromatic carbocycles. The van der Waals surface area contributed by atoms with Gasteiger partial charge in [0, 0.05) is 40.2 Å². The molecule has 0 spiro atoms. The lowest BCUT2D eigenvalue weighted by Gasteiger charge is -2.33. The standard InChI is InChI=1S/C16H34NO2P/c1-14(2)16(15(3)4)20(13-10-17-5)19-12-9-7-8-11-18-6/h14-16H,5,7-13H2,1-4,6H3. The number of nitrogens with zero attached hydrogens (tertiary/aromatic N) is 1. The minimum Gasteiger partial charge on any atom is -0.385 e. The van der Waals surface area contributed by atoms with Crippen LogP contribution in [-0.2, 0) is 9.26 Å². The van der Waals surface area contributed by atoms with Crippen LogP contribution in [0.25, 0.3) is 0 Å². The molecule has 0 saturated carbocycles. The second-order valence-electron chi connectivity index (χ2n) is 5.95. The van der Waals surface area contributed by atoms with E-state index >= 15 is 0 Å². The predicted molar refractivity (Wildman–Crippen MR) is 91.3 cm³/mol. The topological polar surface area (TPSA) is 30.8 Å². The molecule has 0 fully saturated rings. The number of methoxy groups -OCH3 is 1. The highest BCUT2D eigenvalue weighted by atomic mass is 31.1. The molecule has 0 aromatic rings. The van der Waals surface area contributed by atoms with Crippen LogP contribution in [0.2, 0.25) is 0 Å². The number of ether oxygens (including phenoxy) is 1. The van der Waals surface area contributed by atoms with Gasteiger partial charge in [-0.2, -0.15) is 0 Å². The Kier molecular flexibility index (Phi) is 12.8. The molecule has 0 aliphatic heterocycles. The minimum absolute atomic E-state index is 0.398. The average molecular weight is 303 g/mol. The molecule has 0 heterocycles. The summed E-state index contributed by atoms with van der Waals surface area (Å²) in [4.78, 5) is 4.01. The van der Waals surface area contributed by atoms with E-state index in [1.165, 1.54) is 6.42 Å². The summed E-state index contributed by atoms with van der Waals surface area (Å²) in [5.74, 6) is 1.33. The normalized spacial score (nSPS) is 13.4. The quantitative estimate of drug-likeness (QED) is 0.283. The van der Waals surface area contributed by atoms with Crippen LogP contribution in [0, 0.1) is 11.8 Å². The van der Waals surface area contributed by atoms with Gasteiger partial charge in [-0.3, -0.25) is 0 Å². The Bertz CT molecular complexity index is 227. The summed E-state index contributed by atoms with van der Waals surface area (Å²) < 4.78 is 11.3. The third kappa shape index (κ3) is 9.05. The highest BCUT2D eigenvalue weighted by molar-refractivity contribution is 7.53. The van der Waals surface area contributed by atoms with Crippen molar-refractivity contribution in [2.24, 2.45) is 16.8 Å². The highest BCUT2D eigenvalue weighted by Gasteiger charge is 2.27. The van der Waals surface area contributed by atoms with E-state index in [4.69, 9.17) is 9.26 Å². The summed E-state index contributed by atoms with van der Waals surface area (Å²) in [6.45, 7) is 15.4. The van der Waals surface area contributed by atoms with Gasteiger partial charge in [0.25, 0.3) is 0 Å². The molecule has 0 aromatic heterocycles. The molecule has 0 bridgehead atoms. The van der Waals surface area contributed by atoms with E-state index < -0.39 is 8.15 Å². The first-order chi connectivity index (χ1) is 9.54. The molecule has 0 amide bonds. The molecule has 0 saturated heterocycles. The van der Waals surface area contributed by atoms with Crippen LogP contribution >= 0.6 is 8.15 Å². The van der Waals surface area contributed by atoms with Crippen molar-refractivity contribution < 1.29 is 9.26 Å². The molecule has 0 N–H and O–H groups in total. The Hall–Kier alpha value is 0.0200. The van der Waals surface area contributed by atoms with E-state index in [1.54, 1.807) is 7.11 Å². The van der Waals surface area contributed by atoms with Crippen LogP contribution in [0.4, 0.5) is 0 Å². The van der Waals surface area contributed by atoms with Crippen molar-refractivity contribution in [2.75, 3.05) is 33.0 Å². The number of unbranched alkanes of at least 4 members (excludes halogenated alkanes) is 2. The maximum absolute atomic E-state index is 6.25. The van der Waals surface area contributed by atoms with Gasteiger partial charge in [0.15, 0.2) is 0 Å². The zero-order valence-electron chi connectivity index (χ0n) is 14.1. The third-order valence-electron chi connectivity index (χ3n) is 3.43. The molecule has 20 heavy (non-hydrogen) atoms. The molecule has 0 radical (unpaired) electrons. The van der Waals surface area contributed by atoms with Gasteiger partial charge >= 0.3 is 0 Å². The third-order valence-corrected chi connectivity index (χ3v) is 6.44. The van der Waals surface area contributed by atoms with Gasteiger partial charge in [-0.25, -0.2) is 0 Å². The van der Waals surface area contributed by atoms with E-state index in [0.717, 1.165) is 38.8 Å². The van der Waals surface area contributed by atoms with Crippen molar-refractivity contribution in [1.29, 1.82) is 0 Å². The number of rotatable bonds is 13. The van der Waals surface area contributed by atoms with Gasteiger partial charge in [0.2, 0.25) is 0 Å². The van der Waals surface area contributed by atoms with Crippen LogP contribution in [0.5, 0.6) is 0 Å². The number of aliphatic imine (C=N–C) groups is 1. The van der Waals surface area contributed by atoms with Gasteiger partial charge < -0.3 is 14.3 Å². The lowest BCUT2D eigenvalue weighted by atomic mass is 10.00. The number of hydrogen-bond acceptors (Lipinski definition) is 3. The van der Waals surface area contributed by atoms with Gasteiger partial charge in [-0.1, -0.05) is 27.7 Å². The van der Waals surface area contributed by atoms with Gasteiger partial charge in [0.05, 0.1) is 6.61 Å². The fourth-order valence-corrected chi connectivity index (χ4v) is 5.24. The highest BCUT2D eigenvalue weighted by Crippen LogP contribution is 2.49. The maximum atomic E-state index is 6.25. The van der Waals surface area contributed by atoms with Crippen molar-refractivity contribution in [3.05, 3.63) is 0 Å². The zero-order valence-corrected chi connectivity index (χ0v) is 15.0. The first-order valence-corrected chi connectivity index (χ1v) is 9.37. The number of hydrogen-bond donors (Lipinski definition) is 0. The Morgan fingerprint density at radius 1 is 1.00 bits per heavy atom. The summed E-state index contributed by atoms with van der Waals surface area (Å²) in [6, 6.07) is 0. The molecular formula is C16H34NO2P. The van der Waals surface area contributed by atoms with Crippen molar-refractivity contribution in [3.63, 3.8) is 0 Å². The lowest BCUT2D eigenvalue weighted by molar-refractivity contribution is 0.189. The SMILES string of the molecule is C=NCCP(OCCCCCOC)C(C(C)C)C(C)C. The second-order valence-corrected chi connectivity index (χ2v) is 8.09. The van der Waals surface area contributed by atoms with Crippen molar-refractivity contribution >= 4 is 14.9 Å². The Balaban J connectivity index is 4.21. The van der Waals surface area contributed by atoms with Crippen LogP contribution in [-0.4, -0.2) is 45.4 Å². The molecule has 3 nitrogen and oxygen atoms in total. The van der Waals surface area contributed by atoms with Crippen molar-refractivity contribution in [2.45, 2.75) is 52.6 Å². The summed E-state index contributed by atoms with van der Waals surface area (Å²) >= 11 is 0. The monoisotopic (exact) mass is 303 g/mol. The predicted octanol–water partition coefficient (Wildman–Crippen LogP) is 4.60. The molecule has 4 heteroatoms.